The minimum absolute atomic E-state index is 0. The minimum Gasteiger partial charge on any atom is -0.317 e. The second-order valence-corrected chi connectivity index (χ2v) is 4.43. The van der Waals surface area contributed by atoms with Crippen molar-refractivity contribution in [1.29, 1.82) is 0 Å². The first-order valence-electron chi connectivity index (χ1n) is 5.92. The zero-order valence-corrected chi connectivity index (χ0v) is 10.8. The molecule has 1 aromatic carbocycles. The van der Waals surface area contributed by atoms with Crippen LogP contribution in [0.4, 0.5) is 0 Å². The Balaban J connectivity index is 0.00000120. The molecule has 96 valence electrons. The second-order valence-electron chi connectivity index (χ2n) is 4.43. The number of H-pyrrole nitrogens is 1. The Kier molecular flexibility index (Phi) is 3.93. The number of aromatic amines is 1. The predicted octanol–water partition coefficient (Wildman–Crippen LogP) is 1.29. The van der Waals surface area contributed by atoms with Crippen molar-refractivity contribution >= 4 is 12.4 Å². The summed E-state index contributed by atoms with van der Waals surface area (Å²) in [5.41, 5.74) is 1.20. The minimum atomic E-state index is -0.0838. The molecule has 0 aliphatic carbocycles. The van der Waals surface area contributed by atoms with Crippen LogP contribution in [0.15, 0.2) is 30.3 Å². The number of piperidine rings is 1. The van der Waals surface area contributed by atoms with Crippen molar-refractivity contribution in [3.05, 3.63) is 41.7 Å². The molecule has 2 N–H and O–H groups in total. The molecule has 2 heterocycles. The smallest absolute Gasteiger partial charge is 0.185 e. The molecule has 1 aliphatic heterocycles. The van der Waals surface area contributed by atoms with E-state index in [2.05, 4.69) is 50.2 Å². The van der Waals surface area contributed by atoms with E-state index in [0.29, 0.717) is 0 Å². The fraction of sp³-hybridized carbons (Fsp3) is 0.417. The molecule has 0 unspecified atom stereocenters. The maximum atomic E-state index is 4.21. The zero-order valence-electron chi connectivity index (χ0n) is 9.97. The van der Waals surface area contributed by atoms with E-state index in [1.54, 1.807) is 0 Å². The topological polar surface area (TPSA) is 66.5 Å². The van der Waals surface area contributed by atoms with Gasteiger partial charge in [0.2, 0.25) is 0 Å². The van der Waals surface area contributed by atoms with E-state index < -0.39 is 0 Å². The number of aromatic nitrogens is 4. The Bertz CT molecular complexity index is 464. The van der Waals surface area contributed by atoms with Crippen molar-refractivity contribution in [2.24, 2.45) is 0 Å². The maximum Gasteiger partial charge on any atom is 0.185 e. The third-order valence-electron chi connectivity index (χ3n) is 3.56. The SMILES string of the molecule is Cl.c1ccc(C2(c3nn[nH]n3)CCNCC2)cc1. The fourth-order valence-corrected chi connectivity index (χ4v) is 2.62. The Morgan fingerprint density at radius 2 is 1.78 bits per heavy atom. The lowest BCUT2D eigenvalue weighted by atomic mass is 9.72. The largest absolute Gasteiger partial charge is 0.317 e. The molecule has 1 aliphatic rings. The van der Waals surface area contributed by atoms with Gasteiger partial charge in [0.25, 0.3) is 0 Å². The van der Waals surface area contributed by atoms with Crippen LogP contribution in [0.25, 0.3) is 0 Å². The van der Waals surface area contributed by atoms with Gasteiger partial charge in [-0.25, -0.2) is 0 Å². The molecule has 2 aromatic rings. The lowest BCUT2D eigenvalue weighted by Crippen LogP contribution is -2.41. The standard InChI is InChI=1S/C12H15N5.ClH/c1-2-4-10(5-3-1)12(6-8-13-9-7-12)11-14-16-17-15-11;/h1-5,13H,6-9H2,(H,14,15,16,17);1H. The van der Waals surface area contributed by atoms with Crippen LogP contribution in [0, 0.1) is 0 Å². The summed E-state index contributed by atoms with van der Waals surface area (Å²) in [4.78, 5) is 0. The van der Waals surface area contributed by atoms with E-state index in [4.69, 9.17) is 0 Å². The van der Waals surface area contributed by atoms with Gasteiger partial charge >= 0.3 is 0 Å². The summed E-state index contributed by atoms with van der Waals surface area (Å²) in [5, 5.41) is 18.1. The monoisotopic (exact) mass is 265 g/mol. The molecule has 6 heteroatoms. The molecular formula is C12H16ClN5. The molecule has 1 aromatic heterocycles. The van der Waals surface area contributed by atoms with Crippen molar-refractivity contribution in [3.63, 3.8) is 0 Å². The summed E-state index contributed by atoms with van der Waals surface area (Å²) in [6.45, 7) is 1.98. The van der Waals surface area contributed by atoms with Crippen LogP contribution in [0.2, 0.25) is 0 Å². The molecule has 0 atom stereocenters. The highest BCUT2D eigenvalue weighted by molar-refractivity contribution is 5.85. The van der Waals surface area contributed by atoms with Crippen molar-refractivity contribution in [3.8, 4) is 0 Å². The number of hydrogen-bond donors (Lipinski definition) is 2. The molecule has 0 amide bonds. The van der Waals surface area contributed by atoms with Gasteiger partial charge in [0.15, 0.2) is 5.82 Å². The van der Waals surface area contributed by atoms with E-state index in [0.717, 1.165) is 31.8 Å². The zero-order chi connectivity index (χ0) is 11.6. The van der Waals surface area contributed by atoms with Crippen LogP contribution >= 0.6 is 12.4 Å². The van der Waals surface area contributed by atoms with Crippen LogP contribution in [0.5, 0.6) is 0 Å². The highest BCUT2D eigenvalue weighted by Crippen LogP contribution is 2.37. The quantitative estimate of drug-likeness (QED) is 0.859. The summed E-state index contributed by atoms with van der Waals surface area (Å²) < 4.78 is 0. The van der Waals surface area contributed by atoms with E-state index in [1.807, 2.05) is 6.07 Å². The van der Waals surface area contributed by atoms with Crippen molar-refractivity contribution in [1.82, 2.24) is 25.9 Å². The van der Waals surface area contributed by atoms with Crippen molar-refractivity contribution in [2.75, 3.05) is 13.1 Å². The summed E-state index contributed by atoms with van der Waals surface area (Å²) in [6.07, 6.45) is 2.02. The lowest BCUT2D eigenvalue weighted by Gasteiger charge is -2.35. The molecule has 0 spiro atoms. The molecule has 18 heavy (non-hydrogen) atoms. The molecule has 0 radical (unpaired) electrons. The van der Waals surface area contributed by atoms with Crippen LogP contribution in [-0.2, 0) is 5.41 Å². The number of hydrogen-bond acceptors (Lipinski definition) is 4. The summed E-state index contributed by atoms with van der Waals surface area (Å²) in [7, 11) is 0. The molecule has 3 rings (SSSR count). The van der Waals surface area contributed by atoms with Gasteiger partial charge in [-0.15, -0.1) is 22.6 Å². The van der Waals surface area contributed by atoms with Gasteiger partial charge in [-0.3, -0.25) is 0 Å². The summed E-state index contributed by atoms with van der Waals surface area (Å²) in [5.74, 6) is 0.810. The number of benzene rings is 1. The highest BCUT2D eigenvalue weighted by atomic mass is 35.5. The lowest BCUT2D eigenvalue weighted by molar-refractivity contribution is 0.346. The van der Waals surface area contributed by atoms with Gasteiger partial charge < -0.3 is 5.32 Å². The molecule has 1 fully saturated rings. The normalized spacial score (nSPS) is 18.0. The van der Waals surface area contributed by atoms with Crippen molar-refractivity contribution in [2.45, 2.75) is 18.3 Å². The van der Waals surface area contributed by atoms with Crippen molar-refractivity contribution < 1.29 is 0 Å². The Morgan fingerprint density at radius 3 is 2.39 bits per heavy atom. The third kappa shape index (κ3) is 2.11. The molecule has 0 bridgehead atoms. The highest BCUT2D eigenvalue weighted by Gasteiger charge is 2.39. The number of tetrazole rings is 1. The maximum absolute atomic E-state index is 4.21. The van der Waals surface area contributed by atoms with E-state index in [-0.39, 0.29) is 17.8 Å². The Morgan fingerprint density at radius 1 is 1.06 bits per heavy atom. The van der Waals surface area contributed by atoms with E-state index in [9.17, 15) is 0 Å². The number of nitrogens with one attached hydrogen (secondary N) is 2. The van der Waals surface area contributed by atoms with Gasteiger partial charge in [0.05, 0.1) is 5.41 Å². The second kappa shape index (κ2) is 5.46. The number of rotatable bonds is 2. The third-order valence-corrected chi connectivity index (χ3v) is 3.56. The first-order chi connectivity index (χ1) is 8.42. The molecule has 1 saturated heterocycles. The van der Waals surface area contributed by atoms with E-state index in [1.165, 1.54) is 5.56 Å². The number of halogens is 1. The predicted molar refractivity (Wildman–Crippen MR) is 70.8 cm³/mol. The van der Waals surface area contributed by atoms with E-state index >= 15 is 0 Å². The Hall–Kier alpha value is -1.46. The van der Waals surface area contributed by atoms with Crippen LogP contribution in [-0.4, -0.2) is 33.7 Å². The van der Waals surface area contributed by atoms with Gasteiger partial charge in [-0.1, -0.05) is 35.5 Å². The first kappa shape index (κ1) is 13.0. The van der Waals surface area contributed by atoms with Gasteiger partial charge in [-0.2, -0.15) is 5.21 Å². The van der Waals surface area contributed by atoms with Gasteiger partial charge in [-0.05, 0) is 31.5 Å². The summed E-state index contributed by atoms with van der Waals surface area (Å²) in [6, 6.07) is 10.5. The Labute approximate surface area is 112 Å². The van der Waals surface area contributed by atoms with Crippen LogP contribution < -0.4 is 5.32 Å². The van der Waals surface area contributed by atoms with Gasteiger partial charge in [0, 0.05) is 0 Å². The first-order valence-corrected chi connectivity index (χ1v) is 5.92. The molecule has 5 nitrogen and oxygen atoms in total. The average Bonchev–Trinajstić information content (AvgIpc) is 2.95. The molecular weight excluding hydrogens is 250 g/mol. The molecule has 0 saturated carbocycles. The van der Waals surface area contributed by atoms with Crippen LogP contribution in [0.3, 0.4) is 0 Å². The average molecular weight is 266 g/mol. The van der Waals surface area contributed by atoms with Gasteiger partial charge in [0.1, 0.15) is 0 Å². The number of nitrogens with zero attached hydrogens (tertiary/aromatic N) is 3. The fourth-order valence-electron chi connectivity index (χ4n) is 2.62. The summed E-state index contributed by atoms with van der Waals surface area (Å²) >= 11 is 0. The van der Waals surface area contributed by atoms with Crippen LogP contribution in [0.1, 0.15) is 24.2 Å².